The molecule has 0 bridgehead atoms. The minimum absolute atomic E-state index is 0.125. The Morgan fingerprint density at radius 3 is 2.68 bits per heavy atom. The molecule has 0 unspecified atom stereocenters. The number of likely N-dealkylation sites (N-methyl/N-ethyl adjacent to an activating group) is 1. The van der Waals surface area contributed by atoms with Crippen LogP contribution in [0.15, 0.2) is 23.1 Å². The summed E-state index contributed by atoms with van der Waals surface area (Å²) in [6.45, 7) is 1.49. The number of nitrogens with one attached hydrogen (secondary N) is 1. The summed E-state index contributed by atoms with van der Waals surface area (Å²) in [5.41, 5.74) is -0.241. The minimum Gasteiger partial charge on any atom is -0.383 e. The third kappa shape index (κ3) is 5.38. The van der Waals surface area contributed by atoms with Crippen LogP contribution in [0.2, 0.25) is 0 Å². The Morgan fingerprint density at radius 1 is 1.39 bits per heavy atom. The number of carbonyl (C=O) groups excluding carboxylic acids is 1. The Hall–Kier alpha value is -2.28. The maximum absolute atomic E-state index is 12.7. The Labute approximate surface area is 163 Å². The Balaban J connectivity index is 2.22. The van der Waals surface area contributed by atoms with Gasteiger partial charge in [0.2, 0.25) is 15.9 Å². The lowest BCUT2D eigenvalue weighted by molar-refractivity contribution is -0.384. The quantitative estimate of drug-likeness (QED) is 0.333. The van der Waals surface area contributed by atoms with Crippen LogP contribution in [-0.2, 0) is 24.3 Å². The lowest BCUT2D eigenvalue weighted by Crippen LogP contribution is -2.40. The molecule has 11 nitrogen and oxygen atoms in total. The molecule has 0 spiro atoms. The van der Waals surface area contributed by atoms with Crippen LogP contribution >= 0.6 is 0 Å². The Bertz CT molecular complexity index is 809. The second-order valence-electron chi connectivity index (χ2n) is 6.12. The SMILES string of the molecule is COCCNC(=O)CN(C)c1ccc(S(=O)(=O)N2CCOCC2)cc1[N+](=O)[O-]. The summed E-state index contributed by atoms with van der Waals surface area (Å²) in [5, 5.41) is 14.1. The van der Waals surface area contributed by atoms with Gasteiger partial charge in [-0.1, -0.05) is 0 Å². The van der Waals surface area contributed by atoms with E-state index in [2.05, 4.69) is 5.32 Å². The summed E-state index contributed by atoms with van der Waals surface area (Å²) in [4.78, 5) is 24.0. The second-order valence-corrected chi connectivity index (χ2v) is 8.06. The molecule has 0 aliphatic carbocycles. The molecule has 1 saturated heterocycles. The van der Waals surface area contributed by atoms with Crippen LogP contribution in [-0.4, -0.2) is 83.7 Å². The van der Waals surface area contributed by atoms with Crippen molar-refractivity contribution < 1.29 is 27.6 Å². The van der Waals surface area contributed by atoms with E-state index in [9.17, 15) is 23.3 Å². The van der Waals surface area contributed by atoms with E-state index in [0.717, 1.165) is 6.07 Å². The number of nitro benzene ring substituents is 1. The molecule has 1 heterocycles. The average Bonchev–Trinajstić information content (AvgIpc) is 2.68. The van der Waals surface area contributed by atoms with Gasteiger partial charge in [0.05, 0.1) is 36.2 Å². The summed E-state index contributed by atoms with van der Waals surface area (Å²) in [7, 11) is -0.831. The number of hydrogen-bond acceptors (Lipinski definition) is 8. The summed E-state index contributed by atoms with van der Waals surface area (Å²) < 4.78 is 36.7. The molecule has 1 aromatic rings. The number of benzene rings is 1. The van der Waals surface area contributed by atoms with Gasteiger partial charge in [0, 0.05) is 39.9 Å². The van der Waals surface area contributed by atoms with Gasteiger partial charge < -0.3 is 19.7 Å². The fraction of sp³-hybridized carbons (Fsp3) is 0.562. The van der Waals surface area contributed by atoms with E-state index in [0.29, 0.717) is 13.2 Å². The van der Waals surface area contributed by atoms with Crippen molar-refractivity contribution in [2.24, 2.45) is 0 Å². The molecule has 0 aromatic heterocycles. The van der Waals surface area contributed by atoms with E-state index in [-0.39, 0.29) is 55.0 Å². The first-order valence-corrected chi connectivity index (χ1v) is 10.0. The van der Waals surface area contributed by atoms with Gasteiger partial charge in [-0.2, -0.15) is 4.31 Å². The highest BCUT2D eigenvalue weighted by Gasteiger charge is 2.29. The number of amides is 1. The lowest BCUT2D eigenvalue weighted by Gasteiger charge is -2.26. The van der Waals surface area contributed by atoms with Crippen molar-refractivity contribution in [3.8, 4) is 0 Å². The molecular weight excluding hydrogens is 392 g/mol. The lowest BCUT2D eigenvalue weighted by atomic mass is 10.2. The van der Waals surface area contributed by atoms with Gasteiger partial charge in [-0.15, -0.1) is 0 Å². The van der Waals surface area contributed by atoms with Crippen LogP contribution in [0.5, 0.6) is 0 Å². The summed E-state index contributed by atoms with van der Waals surface area (Å²) in [5.74, 6) is -0.334. The van der Waals surface area contributed by atoms with Crippen molar-refractivity contribution in [1.29, 1.82) is 0 Å². The van der Waals surface area contributed by atoms with Crippen LogP contribution in [0.4, 0.5) is 11.4 Å². The number of hydrogen-bond donors (Lipinski definition) is 1. The standard InChI is InChI=1S/C16H24N4O7S/c1-18(12-16(21)17-5-8-26-2)14-4-3-13(11-15(14)20(22)23)28(24,25)19-6-9-27-10-7-19/h3-4,11H,5-10,12H2,1-2H3,(H,17,21). The molecule has 1 amide bonds. The third-order valence-corrected chi connectivity index (χ3v) is 6.07. The number of rotatable bonds is 9. The number of anilines is 1. The van der Waals surface area contributed by atoms with Gasteiger partial charge in [-0.3, -0.25) is 14.9 Å². The monoisotopic (exact) mass is 416 g/mol. The highest BCUT2D eigenvalue weighted by molar-refractivity contribution is 7.89. The zero-order chi connectivity index (χ0) is 20.7. The first-order valence-electron chi connectivity index (χ1n) is 8.60. The highest BCUT2D eigenvalue weighted by atomic mass is 32.2. The van der Waals surface area contributed by atoms with Crippen LogP contribution in [0.25, 0.3) is 0 Å². The third-order valence-electron chi connectivity index (χ3n) is 4.17. The topological polar surface area (TPSA) is 131 Å². The first kappa shape index (κ1) is 22.0. The van der Waals surface area contributed by atoms with E-state index in [1.54, 1.807) is 0 Å². The summed E-state index contributed by atoms with van der Waals surface area (Å²) in [6, 6.07) is 3.68. The zero-order valence-corrected chi connectivity index (χ0v) is 16.6. The molecule has 1 N–H and O–H groups in total. The number of methoxy groups -OCH3 is 1. The van der Waals surface area contributed by atoms with Gasteiger partial charge in [0.25, 0.3) is 5.69 Å². The van der Waals surface area contributed by atoms with Crippen molar-refractivity contribution in [1.82, 2.24) is 9.62 Å². The maximum Gasteiger partial charge on any atom is 0.293 e. The fourth-order valence-electron chi connectivity index (χ4n) is 2.72. The van der Waals surface area contributed by atoms with Crippen molar-refractivity contribution in [2.75, 3.05) is 65.1 Å². The normalized spacial score (nSPS) is 15.2. The van der Waals surface area contributed by atoms with Crippen LogP contribution in [0.3, 0.4) is 0 Å². The Kier molecular flexibility index (Phi) is 7.69. The van der Waals surface area contributed by atoms with E-state index in [4.69, 9.17) is 9.47 Å². The molecular formula is C16H24N4O7S. The largest absolute Gasteiger partial charge is 0.383 e. The molecule has 1 aromatic carbocycles. The molecule has 12 heteroatoms. The second kappa shape index (κ2) is 9.78. The van der Waals surface area contributed by atoms with Gasteiger partial charge in [0.1, 0.15) is 5.69 Å². The number of carbonyl (C=O) groups is 1. The van der Waals surface area contributed by atoms with Crippen LogP contribution in [0.1, 0.15) is 0 Å². The number of nitrogens with zero attached hydrogens (tertiary/aromatic N) is 3. The number of ether oxygens (including phenoxy) is 2. The van der Waals surface area contributed by atoms with Gasteiger partial charge in [0.15, 0.2) is 0 Å². The minimum atomic E-state index is -3.86. The fourth-order valence-corrected chi connectivity index (χ4v) is 4.15. The van der Waals surface area contributed by atoms with Crippen molar-refractivity contribution in [3.05, 3.63) is 28.3 Å². The van der Waals surface area contributed by atoms with E-state index in [1.807, 2.05) is 0 Å². The van der Waals surface area contributed by atoms with Gasteiger partial charge in [-0.25, -0.2) is 8.42 Å². The predicted molar refractivity (Wildman–Crippen MR) is 101 cm³/mol. The maximum atomic E-state index is 12.7. The van der Waals surface area contributed by atoms with Gasteiger partial charge in [-0.05, 0) is 12.1 Å². The van der Waals surface area contributed by atoms with Crippen molar-refractivity contribution >= 4 is 27.3 Å². The molecule has 1 aliphatic rings. The van der Waals surface area contributed by atoms with Crippen LogP contribution < -0.4 is 10.2 Å². The van der Waals surface area contributed by atoms with E-state index < -0.39 is 14.9 Å². The highest BCUT2D eigenvalue weighted by Crippen LogP contribution is 2.31. The number of nitro groups is 1. The zero-order valence-electron chi connectivity index (χ0n) is 15.8. The smallest absolute Gasteiger partial charge is 0.293 e. The number of morpholine rings is 1. The molecule has 156 valence electrons. The number of sulfonamides is 1. The summed E-state index contributed by atoms with van der Waals surface area (Å²) >= 11 is 0. The Morgan fingerprint density at radius 2 is 2.07 bits per heavy atom. The van der Waals surface area contributed by atoms with Crippen LogP contribution in [0, 0.1) is 10.1 Å². The van der Waals surface area contributed by atoms with Crippen molar-refractivity contribution in [3.63, 3.8) is 0 Å². The molecule has 0 saturated carbocycles. The van der Waals surface area contributed by atoms with E-state index >= 15 is 0 Å². The van der Waals surface area contributed by atoms with E-state index in [1.165, 1.54) is 35.5 Å². The molecule has 0 atom stereocenters. The average molecular weight is 416 g/mol. The first-order chi connectivity index (χ1) is 13.3. The molecule has 1 fully saturated rings. The predicted octanol–water partition coefficient (Wildman–Crippen LogP) is -0.185. The van der Waals surface area contributed by atoms with Gasteiger partial charge >= 0.3 is 0 Å². The molecule has 0 radical (unpaired) electrons. The molecule has 2 rings (SSSR count). The molecule has 28 heavy (non-hydrogen) atoms. The van der Waals surface area contributed by atoms with Crippen molar-refractivity contribution in [2.45, 2.75) is 4.90 Å². The molecule has 1 aliphatic heterocycles. The summed E-state index contributed by atoms with van der Waals surface area (Å²) in [6.07, 6.45) is 0.